The fourth-order valence-corrected chi connectivity index (χ4v) is 3.73. The summed E-state index contributed by atoms with van der Waals surface area (Å²) < 4.78 is 17.0. The normalized spacial score (nSPS) is 27.0. The minimum Gasteiger partial charge on any atom is -0.497 e. The van der Waals surface area contributed by atoms with Gasteiger partial charge in [-0.25, -0.2) is 0 Å². The van der Waals surface area contributed by atoms with Gasteiger partial charge in [-0.05, 0) is 42.9 Å². The van der Waals surface area contributed by atoms with Crippen LogP contribution in [0.1, 0.15) is 25.3 Å². The number of carbonyl (C=O) groups excluding carboxylic acids is 1. The van der Waals surface area contributed by atoms with E-state index in [1.54, 1.807) is 19.3 Å². The molecule has 0 bridgehead atoms. The first kappa shape index (κ1) is 16.8. The van der Waals surface area contributed by atoms with Crippen LogP contribution >= 0.6 is 0 Å². The highest BCUT2D eigenvalue weighted by Crippen LogP contribution is 2.46. The van der Waals surface area contributed by atoms with Gasteiger partial charge in [0.2, 0.25) is 0 Å². The molecule has 0 amide bonds. The Bertz CT molecular complexity index is 663. The summed E-state index contributed by atoms with van der Waals surface area (Å²) in [7, 11) is 1.67. The molecule has 1 aromatic rings. The van der Waals surface area contributed by atoms with Crippen LogP contribution in [-0.2, 0) is 20.7 Å². The van der Waals surface area contributed by atoms with Crippen LogP contribution in [0.25, 0.3) is 0 Å². The topological polar surface area (TPSA) is 44.8 Å². The number of hydrogen-bond acceptors (Lipinski definition) is 4. The van der Waals surface area contributed by atoms with E-state index >= 15 is 0 Å². The summed E-state index contributed by atoms with van der Waals surface area (Å²) in [6.45, 7) is 6.14. The van der Waals surface area contributed by atoms with Crippen molar-refractivity contribution in [1.29, 1.82) is 0 Å². The third kappa shape index (κ3) is 2.98. The zero-order valence-electron chi connectivity index (χ0n) is 14.3. The SMILES string of the molecule is C=CC[C@H]1C[C@]2([C@@H](C)Cc3cccc(OC)c3)OCOC2=CC1=O. The Morgan fingerprint density at radius 2 is 2.33 bits per heavy atom. The predicted octanol–water partition coefficient (Wildman–Crippen LogP) is 3.67. The summed E-state index contributed by atoms with van der Waals surface area (Å²) in [6, 6.07) is 8.06. The van der Waals surface area contributed by atoms with Crippen molar-refractivity contribution in [2.45, 2.75) is 31.8 Å². The van der Waals surface area contributed by atoms with E-state index in [1.165, 1.54) is 5.56 Å². The van der Waals surface area contributed by atoms with E-state index in [0.29, 0.717) is 18.6 Å². The van der Waals surface area contributed by atoms with E-state index in [4.69, 9.17) is 14.2 Å². The fraction of sp³-hybridized carbons (Fsp3) is 0.450. The molecular weight excluding hydrogens is 304 g/mol. The van der Waals surface area contributed by atoms with Crippen LogP contribution in [-0.4, -0.2) is 25.3 Å². The van der Waals surface area contributed by atoms with Gasteiger partial charge < -0.3 is 14.2 Å². The molecular formula is C20H24O4. The lowest BCUT2D eigenvalue weighted by molar-refractivity contribution is -0.123. The first-order valence-corrected chi connectivity index (χ1v) is 8.35. The maximum absolute atomic E-state index is 12.3. The number of ketones is 1. The number of rotatable bonds is 6. The highest BCUT2D eigenvalue weighted by molar-refractivity contribution is 5.93. The number of fused-ring (bicyclic) bond motifs is 1. The number of hydrogen-bond donors (Lipinski definition) is 0. The zero-order valence-corrected chi connectivity index (χ0v) is 14.3. The van der Waals surface area contributed by atoms with Gasteiger partial charge in [0.1, 0.15) is 17.1 Å². The molecule has 3 atom stereocenters. The van der Waals surface area contributed by atoms with Crippen molar-refractivity contribution in [3.8, 4) is 5.75 Å². The molecule has 2 aliphatic rings. The maximum Gasteiger partial charge on any atom is 0.189 e. The molecule has 1 aromatic carbocycles. The average Bonchev–Trinajstić information content (AvgIpc) is 2.99. The van der Waals surface area contributed by atoms with Gasteiger partial charge in [-0.1, -0.05) is 25.1 Å². The highest BCUT2D eigenvalue weighted by Gasteiger charge is 2.51. The fourth-order valence-electron chi connectivity index (χ4n) is 3.73. The Morgan fingerprint density at radius 3 is 3.08 bits per heavy atom. The molecule has 0 radical (unpaired) electrons. The number of carbonyl (C=O) groups is 1. The first-order chi connectivity index (χ1) is 11.6. The van der Waals surface area contributed by atoms with Gasteiger partial charge in [-0.2, -0.15) is 0 Å². The van der Waals surface area contributed by atoms with Gasteiger partial charge >= 0.3 is 0 Å². The molecule has 1 aliphatic carbocycles. The van der Waals surface area contributed by atoms with E-state index in [1.807, 2.05) is 18.2 Å². The van der Waals surface area contributed by atoms with E-state index in [9.17, 15) is 4.79 Å². The van der Waals surface area contributed by atoms with Gasteiger partial charge in [0.25, 0.3) is 0 Å². The number of benzene rings is 1. The predicted molar refractivity (Wildman–Crippen MR) is 91.6 cm³/mol. The van der Waals surface area contributed by atoms with Crippen molar-refractivity contribution >= 4 is 5.78 Å². The summed E-state index contributed by atoms with van der Waals surface area (Å²) in [5, 5.41) is 0. The lowest BCUT2D eigenvalue weighted by atomic mass is 9.71. The molecule has 0 aromatic heterocycles. The molecule has 0 saturated carbocycles. The Morgan fingerprint density at radius 1 is 1.50 bits per heavy atom. The molecule has 4 heteroatoms. The van der Waals surface area contributed by atoms with Gasteiger partial charge in [0.15, 0.2) is 12.6 Å². The largest absolute Gasteiger partial charge is 0.497 e. The second kappa shape index (κ2) is 6.81. The molecule has 0 unspecified atom stereocenters. The quantitative estimate of drug-likeness (QED) is 0.748. The van der Waals surface area contributed by atoms with Crippen molar-refractivity contribution < 1.29 is 19.0 Å². The van der Waals surface area contributed by atoms with Crippen LogP contribution < -0.4 is 4.74 Å². The van der Waals surface area contributed by atoms with Crippen LogP contribution in [0.15, 0.2) is 48.8 Å². The lowest BCUT2D eigenvalue weighted by Gasteiger charge is -2.38. The Labute approximate surface area is 143 Å². The molecule has 1 aliphatic heterocycles. The minimum absolute atomic E-state index is 0.0827. The molecule has 1 saturated heterocycles. The van der Waals surface area contributed by atoms with Crippen molar-refractivity contribution in [3.05, 3.63) is 54.3 Å². The van der Waals surface area contributed by atoms with E-state index in [-0.39, 0.29) is 24.4 Å². The summed E-state index contributed by atoms with van der Waals surface area (Å²) in [5.41, 5.74) is 0.660. The first-order valence-electron chi connectivity index (χ1n) is 8.35. The number of ether oxygens (including phenoxy) is 3. The average molecular weight is 328 g/mol. The molecule has 1 heterocycles. The van der Waals surface area contributed by atoms with E-state index in [0.717, 1.165) is 12.2 Å². The third-order valence-electron chi connectivity index (χ3n) is 5.10. The molecule has 3 rings (SSSR count). The molecule has 0 spiro atoms. The lowest BCUT2D eigenvalue weighted by Crippen LogP contribution is -2.44. The minimum atomic E-state index is -0.523. The molecule has 4 nitrogen and oxygen atoms in total. The summed E-state index contributed by atoms with van der Waals surface area (Å²) in [4.78, 5) is 12.3. The highest BCUT2D eigenvalue weighted by atomic mass is 16.7. The Balaban J connectivity index is 1.85. The third-order valence-corrected chi connectivity index (χ3v) is 5.10. The summed E-state index contributed by atoms with van der Waals surface area (Å²) >= 11 is 0. The second-order valence-corrected chi connectivity index (χ2v) is 6.59. The molecule has 0 N–H and O–H groups in total. The second-order valence-electron chi connectivity index (χ2n) is 6.59. The number of methoxy groups -OCH3 is 1. The molecule has 128 valence electrons. The monoisotopic (exact) mass is 328 g/mol. The molecule has 24 heavy (non-hydrogen) atoms. The van der Waals surface area contributed by atoms with Gasteiger partial charge in [0, 0.05) is 12.0 Å². The van der Waals surface area contributed by atoms with E-state index < -0.39 is 5.60 Å². The van der Waals surface area contributed by atoms with Gasteiger partial charge in [-0.15, -0.1) is 6.58 Å². The van der Waals surface area contributed by atoms with Crippen molar-refractivity contribution in [1.82, 2.24) is 0 Å². The van der Waals surface area contributed by atoms with Gasteiger partial charge in [-0.3, -0.25) is 4.79 Å². The van der Waals surface area contributed by atoms with Crippen LogP contribution in [0.3, 0.4) is 0 Å². The Hall–Kier alpha value is -2.07. The zero-order chi connectivity index (χ0) is 17.2. The maximum atomic E-state index is 12.3. The smallest absolute Gasteiger partial charge is 0.189 e. The van der Waals surface area contributed by atoms with Crippen LogP contribution in [0.4, 0.5) is 0 Å². The number of allylic oxidation sites excluding steroid dienone is 2. The van der Waals surface area contributed by atoms with Crippen molar-refractivity contribution in [3.63, 3.8) is 0 Å². The summed E-state index contributed by atoms with van der Waals surface area (Å²) in [6.07, 6.45) is 5.58. The van der Waals surface area contributed by atoms with Crippen LogP contribution in [0.2, 0.25) is 0 Å². The standard InChI is InChI=1S/C20H24O4/c1-4-6-16-12-20(19(11-18(16)21)23-13-24-20)14(2)9-15-7-5-8-17(10-15)22-3/h4-5,7-8,10-11,14,16H,1,6,9,12-13H2,2-3H3/t14-,16-,20+/m0/s1. The van der Waals surface area contributed by atoms with Crippen LogP contribution in [0.5, 0.6) is 5.75 Å². The summed E-state index contributed by atoms with van der Waals surface area (Å²) in [5.74, 6) is 1.74. The Kier molecular flexibility index (Phi) is 4.76. The van der Waals surface area contributed by atoms with E-state index in [2.05, 4.69) is 19.6 Å². The molecule has 1 fully saturated rings. The van der Waals surface area contributed by atoms with Gasteiger partial charge in [0.05, 0.1) is 7.11 Å². The van der Waals surface area contributed by atoms with Crippen LogP contribution in [0, 0.1) is 11.8 Å². The van der Waals surface area contributed by atoms with Crippen molar-refractivity contribution in [2.24, 2.45) is 11.8 Å². The van der Waals surface area contributed by atoms with Crippen molar-refractivity contribution in [2.75, 3.05) is 13.9 Å².